The highest BCUT2D eigenvalue weighted by atomic mass is 19.1. The first-order valence-electron chi connectivity index (χ1n) is 12.9. The van der Waals surface area contributed by atoms with Crippen LogP contribution in [0.5, 0.6) is 11.5 Å². The molecule has 37 heavy (non-hydrogen) atoms. The SMILES string of the molecule is COCCN1C2=C(C(=O)CCC2)C(c2ccc(OCc3ccccc3F)c(OC)c2)C2=C1CCCC2=O. The highest BCUT2D eigenvalue weighted by Crippen LogP contribution is 2.50. The second-order valence-corrected chi connectivity index (χ2v) is 9.64. The molecule has 2 aromatic rings. The molecule has 0 amide bonds. The Morgan fingerprint density at radius 1 is 0.892 bits per heavy atom. The van der Waals surface area contributed by atoms with Crippen molar-refractivity contribution in [3.63, 3.8) is 0 Å². The Morgan fingerprint density at radius 3 is 2.19 bits per heavy atom. The predicted octanol–water partition coefficient (Wildman–Crippen LogP) is 5.47. The van der Waals surface area contributed by atoms with E-state index in [1.54, 1.807) is 38.5 Å². The van der Waals surface area contributed by atoms with Gasteiger partial charge in [-0.15, -0.1) is 0 Å². The van der Waals surface area contributed by atoms with Crippen molar-refractivity contribution in [2.75, 3.05) is 27.4 Å². The molecular weight excluding hydrogens is 473 g/mol. The van der Waals surface area contributed by atoms with Gasteiger partial charge in [-0.05, 0) is 49.4 Å². The standard InChI is InChI=1S/C30H32FNO5/c1-35-16-15-32-22-9-5-11-24(33)29(22)28(30-23(32)10-6-12-25(30)34)19-13-14-26(27(17-19)36-2)37-18-20-7-3-4-8-21(20)31/h3-4,7-8,13-14,17,28H,5-6,9-12,15-16,18H2,1-2H3. The molecule has 3 aliphatic rings. The van der Waals surface area contributed by atoms with Gasteiger partial charge in [-0.2, -0.15) is 0 Å². The van der Waals surface area contributed by atoms with Crippen LogP contribution in [0.25, 0.3) is 0 Å². The Kier molecular flexibility index (Phi) is 7.42. The van der Waals surface area contributed by atoms with Crippen molar-refractivity contribution in [1.82, 2.24) is 4.90 Å². The molecule has 0 radical (unpaired) electrons. The van der Waals surface area contributed by atoms with Crippen LogP contribution in [0.15, 0.2) is 65.0 Å². The summed E-state index contributed by atoms with van der Waals surface area (Å²) in [5.41, 5.74) is 4.75. The maximum absolute atomic E-state index is 14.1. The van der Waals surface area contributed by atoms with Gasteiger partial charge in [0.2, 0.25) is 0 Å². The molecule has 0 N–H and O–H groups in total. The average Bonchev–Trinajstić information content (AvgIpc) is 2.91. The van der Waals surface area contributed by atoms with E-state index in [1.165, 1.54) is 6.07 Å². The van der Waals surface area contributed by atoms with Gasteiger partial charge in [0.05, 0.1) is 13.7 Å². The fourth-order valence-electron chi connectivity index (χ4n) is 5.76. The maximum Gasteiger partial charge on any atom is 0.161 e. The zero-order chi connectivity index (χ0) is 25.9. The molecule has 7 heteroatoms. The molecule has 5 rings (SSSR count). The van der Waals surface area contributed by atoms with E-state index in [1.807, 2.05) is 12.1 Å². The van der Waals surface area contributed by atoms with Gasteiger partial charge in [0.15, 0.2) is 23.1 Å². The number of hydrogen-bond donors (Lipinski definition) is 0. The molecule has 0 fully saturated rings. The first-order valence-corrected chi connectivity index (χ1v) is 12.9. The number of ether oxygens (including phenoxy) is 3. The first kappa shape index (κ1) is 25.2. The summed E-state index contributed by atoms with van der Waals surface area (Å²) < 4.78 is 31.0. The Balaban J connectivity index is 1.56. The zero-order valence-electron chi connectivity index (χ0n) is 21.3. The third kappa shape index (κ3) is 4.80. The Bertz CT molecular complexity index is 1240. The summed E-state index contributed by atoms with van der Waals surface area (Å²) in [6.45, 7) is 1.19. The van der Waals surface area contributed by atoms with E-state index in [0.717, 1.165) is 53.8 Å². The molecule has 2 aliphatic carbocycles. The smallest absolute Gasteiger partial charge is 0.161 e. The molecule has 6 nitrogen and oxygen atoms in total. The minimum atomic E-state index is -0.432. The fourth-order valence-corrected chi connectivity index (χ4v) is 5.76. The van der Waals surface area contributed by atoms with Crippen molar-refractivity contribution >= 4 is 11.6 Å². The van der Waals surface area contributed by atoms with Crippen LogP contribution < -0.4 is 9.47 Å². The van der Waals surface area contributed by atoms with Gasteiger partial charge >= 0.3 is 0 Å². The molecule has 0 saturated carbocycles. The van der Waals surface area contributed by atoms with Gasteiger partial charge in [0.25, 0.3) is 0 Å². The van der Waals surface area contributed by atoms with Crippen LogP contribution in [0.3, 0.4) is 0 Å². The normalized spacial score (nSPS) is 18.2. The summed E-state index contributed by atoms with van der Waals surface area (Å²) in [5, 5.41) is 0. The van der Waals surface area contributed by atoms with Crippen molar-refractivity contribution in [2.24, 2.45) is 0 Å². The molecule has 1 aliphatic heterocycles. The molecule has 0 unspecified atom stereocenters. The van der Waals surface area contributed by atoms with Gasteiger partial charge in [-0.1, -0.05) is 24.3 Å². The number of benzene rings is 2. The molecule has 0 atom stereocenters. The highest BCUT2D eigenvalue weighted by molar-refractivity contribution is 6.06. The minimum absolute atomic E-state index is 0.0574. The predicted molar refractivity (Wildman–Crippen MR) is 137 cm³/mol. The zero-order valence-corrected chi connectivity index (χ0v) is 21.3. The number of ketones is 2. The van der Waals surface area contributed by atoms with Crippen molar-refractivity contribution in [3.8, 4) is 11.5 Å². The van der Waals surface area contributed by atoms with Gasteiger partial charge in [-0.3, -0.25) is 9.59 Å². The summed E-state index contributed by atoms with van der Waals surface area (Å²) in [6.07, 6.45) is 4.16. The van der Waals surface area contributed by atoms with Crippen LogP contribution >= 0.6 is 0 Å². The lowest BCUT2D eigenvalue weighted by Gasteiger charge is -2.44. The van der Waals surface area contributed by atoms with Crippen LogP contribution in [0.1, 0.15) is 55.6 Å². The van der Waals surface area contributed by atoms with Crippen LogP contribution in [-0.4, -0.2) is 43.8 Å². The Hall–Kier alpha value is -3.45. The summed E-state index contributed by atoms with van der Waals surface area (Å²) in [7, 11) is 3.22. The number of halogens is 1. The van der Waals surface area contributed by atoms with Crippen molar-refractivity contribution in [1.29, 1.82) is 0 Å². The second kappa shape index (κ2) is 10.9. The molecule has 0 bridgehead atoms. The average molecular weight is 506 g/mol. The number of Topliss-reactive ketones (excluding diaryl/α,β-unsaturated/α-hetero) is 2. The van der Waals surface area contributed by atoms with E-state index < -0.39 is 5.92 Å². The van der Waals surface area contributed by atoms with Crippen LogP contribution in [-0.2, 0) is 20.9 Å². The first-order chi connectivity index (χ1) is 18.0. The molecular formula is C30H32FNO5. The van der Waals surface area contributed by atoms with E-state index >= 15 is 0 Å². The summed E-state index contributed by atoms with van der Waals surface area (Å²) in [5.74, 6) is 0.379. The number of nitrogens with zero attached hydrogens (tertiary/aromatic N) is 1. The highest BCUT2D eigenvalue weighted by Gasteiger charge is 2.43. The van der Waals surface area contributed by atoms with Crippen LogP contribution in [0, 0.1) is 5.82 Å². The monoisotopic (exact) mass is 505 g/mol. The van der Waals surface area contributed by atoms with E-state index in [2.05, 4.69) is 4.90 Å². The molecule has 1 heterocycles. The minimum Gasteiger partial charge on any atom is -0.493 e. The summed E-state index contributed by atoms with van der Waals surface area (Å²) >= 11 is 0. The van der Waals surface area contributed by atoms with E-state index in [0.29, 0.717) is 43.1 Å². The molecule has 194 valence electrons. The molecule has 2 aromatic carbocycles. The summed E-state index contributed by atoms with van der Waals surface area (Å²) in [4.78, 5) is 29.0. The number of methoxy groups -OCH3 is 2. The fraction of sp³-hybridized carbons (Fsp3) is 0.400. The van der Waals surface area contributed by atoms with Crippen molar-refractivity contribution in [2.45, 2.75) is 51.0 Å². The van der Waals surface area contributed by atoms with Crippen LogP contribution in [0.4, 0.5) is 4.39 Å². The third-order valence-electron chi connectivity index (χ3n) is 7.47. The topological polar surface area (TPSA) is 65.1 Å². The lowest BCUT2D eigenvalue weighted by molar-refractivity contribution is -0.117. The largest absolute Gasteiger partial charge is 0.493 e. The lowest BCUT2D eigenvalue weighted by atomic mass is 9.71. The third-order valence-corrected chi connectivity index (χ3v) is 7.47. The Labute approximate surface area is 216 Å². The maximum atomic E-state index is 14.1. The lowest BCUT2D eigenvalue weighted by Crippen LogP contribution is -2.40. The number of hydrogen-bond acceptors (Lipinski definition) is 6. The van der Waals surface area contributed by atoms with Gasteiger partial charge in [0.1, 0.15) is 12.4 Å². The van der Waals surface area contributed by atoms with E-state index in [-0.39, 0.29) is 24.0 Å². The molecule has 0 saturated heterocycles. The van der Waals surface area contributed by atoms with E-state index in [4.69, 9.17) is 14.2 Å². The Morgan fingerprint density at radius 2 is 1.57 bits per heavy atom. The summed E-state index contributed by atoms with van der Waals surface area (Å²) in [6, 6.07) is 12.0. The van der Waals surface area contributed by atoms with E-state index in [9.17, 15) is 14.0 Å². The van der Waals surface area contributed by atoms with Gasteiger partial charge in [0, 0.05) is 60.5 Å². The number of carbonyl (C=O) groups is 2. The number of allylic oxidation sites excluding steroid dienone is 4. The van der Waals surface area contributed by atoms with Crippen molar-refractivity contribution < 1.29 is 28.2 Å². The second-order valence-electron chi connectivity index (χ2n) is 9.64. The van der Waals surface area contributed by atoms with Crippen molar-refractivity contribution in [3.05, 3.63) is 81.9 Å². The van der Waals surface area contributed by atoms with Gasteiger partial charge < -0.3 is 19.1 Å². The van der Waals surface area contributed by atoms with Crippen LogP contribution in [0.2, 0.25) is 0 Å². The molecule has 0 spiro atoms. The number of rotatable bonds is 8. The van der Waals surface area contributed by atoms with Gasteiger partial charge in [-0.25, -0.2) is 4.39 Å². The number of carbonyl (C=O) groups excluding carboxylic acids is 2. The quantitative estimate of drug-likeness (QED) is 0.474. The molecule has 0 aromatic heterocycles.